The molecule has 13 nitrogen and oxygen atoms in total. The molecule has 6 atom stereocenters. The van der Waals surface area contributed by atoms with Crippen molar-refractivity contribution in [1.82, 2.24) is 4.90 Å². The highest BCUT2D eigenvalue weighted by atomic mass is 16.7. The fourth-order valence-corrected chi connectivity index (χ4v) is 9.90. The lowest BCUT2D eigenvalue weighted by Crippen LogP contribution is -2.61. The minimum atomic E-state index is -1.60. The third-order valence-electron chi connectivity index (χ3n) is 13.1. The fourth-order valence-electron chi connectivity index (χ4n) is 9.90. The third kappa shape index (κ3) is 6.96. The number of hydrogen-bond donors (Lipinski definition) is 4. The van der Waals surface area contributed by atoms with Crippen molar-refractivity contribution in [2.45, 2.75) is 94.2 Å². The van der Waals surface area contributed by atoms with Crippen molar-refractivity contribution in [1.29, 1.82) is 0 Å². The number of aliphatic hydroxyl groups excluding tert-OH is 3. The lowest BCUT2D eigenvalue weighted by Gasteiger charge is -2.41. The molecule has 318 valence electrons. The van der Waals surface area contributed by atoms with Crippen LogP contribution in [0.15, 0.2) is 76.0 Å². The van der Waals surface area contributed by atoms with Crippen LogP contribution >= 0.6 is 0 Å². The number of nitrogens with zero attached hydrogens (tertiary/aromatic N) is 2. The van der Waals surface area contributed by atoms with Gasteiger partial charge in [-0.15, -0.1) is 0 Å². The normalized spacial score (nSPS) is 27.2. The number of phenolic OH excluding ortho intramolecular Hbond substituents is 1. The highest BCUT2D eigenvalue weighted by Gasteiger charge is 2.49. The number of aliphatic imine (C=N–C) groups is 1. The molecule has 7 aliphatic rings. The molecule has 5 aliphatic heterocycles. The van der Waals surface area contributed by atoms with Crippen LogP contribution in [-0.2, 0) is 27.2 Å². The van der Waals surface area contributed by atoms with E-state index in [1.165, 1.54) is 12.0 Å². The van der Waals surface area contributed by atoms with Gasteiger partial charge in [0.25, 0.3) is 5.91 Å². The van der Waals surface area contributed by atoms with Crippen LogP contribution in [0.4, 0.5) is 0 Å². The Balaban J connectivity index is 1.18. The van der Waals surface area contributed by atoms with Crippen LogP contribution in [0.2, 0.25) is 0 Å². The Labute approximate surface area is 358 Å². The van der Waals surface area contributed by atoms with Crippen LogP contribution in [0.5, 0.6) is 17.2 Å². The van der Waals surface area contributed by atoms with Crippen molar-refractivity contribution >= 4 is 34.8 Å². The van der Waals surface area contributed by atoms with E-state index in [-0.39, 0.29) is 67.0 Å². The first-order valence-corrected chi connectivity index (χ1v) is 21.3. The van der Waals surface area contributed by atoms with E-state index in [0.29, 0.717) is 40.7 Å². The van der Waals surface area contributed by atoms with Crippen molar-refractivity contribution in [3.05, 3.63) is 111 Å². The van der Waals surface area contributed by atoms with Crippen molar-refractivity contribution in [2.75, 3.05) is 26.9 Å². The smallest absolute Gasteiger partial charge is 0.254 e. The molecule has 62 heavy (non-hydrogen) atoms. The molecule has 1 saturated carbocycles. The van der Waals surface area contributed by atoms with Crippen LogP contribution in [0.25, 0.3) is 16.8 Å². The number of benzene rings is 3. The zero-order valence-electron chi connectivity index (χ0n) is 34.2. The monoisotopic (exact) mass is 839 g/mol. The van der Waals surface area contributed by atoms with Crippen molar-refractivity contribution < 1.29 is 53.7 Å². The van der Waals surface area contributed by atoms with Crippen LogP contribution in [-0.4, -0.2) is 107 Å². The maximum absolute atomic E-state index is 14.8. The van der Waals surface area contributed by atoms with E-state index in [2.05, 4.69) is 17.0 Å². The molecular weight excluding hydrogens is 793 g/mol. The van der Waals surface area contributed by atoms with E-state index >= 15 is 0 Å². The Morgan fingerprint density at radius 2 is 1.94 bits per heavy atom. The number of amides is 1. The Hall–Kier alpha value is -5.88. The standard InChI is InChI=1S/C49H46N2O11/c1-58-39-21-29-20-32(27-8-2-3-9-27)42-37(53)24-51-23-35-28(10-4-12-30(35)48(51)57)11-6-18-59-47-43(54)40-25-60-38(34-22-50-36-15-13-26(7-5-17-52)19-33(34)36)16-14-31(39)46(41(29)44(42)55)62-49(61-40)45(47)56/h4,10,12-16,19-22,27,38,40,43,45,47,49,52,54,56H,2-3,5,7-9,11,17,23-25H2,1H3/p+1/b16-14+/t38-,40-,43-,45-,47+,49-/m1/s1. The Morgan fingerprint density at radius 1 is 1.08 bits per heavy atom. The summed E-state index contributed by atoms with van der Waals surface area (Å²) in [6.45, 7) is -0.192. The predicted molar refractivity (Wildman–Crippen MR) is 228 cm³/mol. The summed E-state index contributed by atoms with van der Waals surface area (Å²) < 4.78 is 31.7. The molecular formula is C49H47N2O11+. The summed E-state index contributed by atoms with van der Waals surface area (Å²) in [4.78, 5) is 34.8. The molecule has 0 aromatic heterocycles. The minimum Gasteiger partial charge on any atom is -0.506 e. The number of hydrogen-bond acceptors (Lipinski definition) is 12. The fraction of sp³-hybridized carbons (Fsp3) is 0.388. The van der Waals surface area contributed by atoms with Crippen LogP contribution < -0.4 is 9.47 Å². The zero-order chi connectivity index (χ0) is 42.6. The third-order valence-corrected chi connectivity index (χ3v) is 13.1. The predicted octanol–water partition coefficient (Wildman–Crippen LogP) is 5.37. The van der Waals surface area contributed by atoms with Crippen molar-refractivity contribution in [2.24, 2.45) is 4.99 Å². The summed E-state index contributed by atoms with van der Waals surface area (Å²) >= 11 is 0. The van der Waals surface area contributed by atoms with Crippen LogP contribution in [0.3, 0.4) is 0 Å². The van der Waals surface area contributed by atoms with E-state index in [4.69, 9.17) is 23.7 Å². The van der Waals surface area contributed by atoms with Gasteiger partial charge in [-0.2, -0.15) is 4.99 Å². The molecule has 8 bridgehead atoms. The first kappa shape index (κ1) is 40.2. The zero-order valence-corrected chi connectivity index (χ0v) is 34.2. The molecule has 0 spiro atoms. The number of rotatable bonds is 6. The van der Waals surface area contributed by atoms with E-state index < -0.39 is 42.6 Å². The lowest BCUT2D eigenvalue weighted by molar-refractivity contribution is -0.279. The molecule has 2 aliphatic carbocycles. The van der Waals surface area contributed by atoms with Crippen molar-refractivity contribution in [3.8, 4) is 29.3 Å². The van der Waals surface area contributed by atoms with Gasteiger partial charge in [0, 0.05) is 49.3 Å². The van der Waals surface area contributed by atoms with Gasteiger partial charge in [0.2, 0.25) is 6.29 Å². The van der Waals surface area contributed by atoms with Gasteiger partial charge < -0.3 is 49.0 Å². The number of carbonyl (C=O) groups is 2. The van der Waals surface area contributed by atoms with E-state index in [0.717, 1.165) is 59.2 Å². The van der Waals surface area contributed by atoms with Gasteiger partial charge in [-0.05, 0) is 84.0 Å². The van der Waals surface area contributed by atoms with Crippen molar-refractivity contribution in [3.63, 3.8) is 0 Å². The number of ketones is 1. The van der Waals surface area contributed by atoms with Crippen LogP contribution in [0, 0.1) is 18.4 Å². The molecule has 5 heterocycles. The van der Waals surface area contributed by atoms with Crippen LogP contribution in [0.1, 0.15) is 87.4 Å². The summed E-state index contributed by atoms with van der Waals surface area (Å²) in [7, 11) is 1.52. The molecule has 3 aromatic rings. The largest absolute Gasteiger partial charge is 0.506 e. The van der Waals surface area contributed by atoms with Gasteiger partial charge >= 0.3 is 0 Å². The number of phenols is 1. The first-order valence-electron chi connectivity index (χ1n) is 21.3. The second-order valence-electron chi connectivity index (χ2n) is 16.8. The van der Waals surface area contributed by atoms with Gasteiger partial charge in [0.1, 0.15) is 47.2 Å². The summed E-state index contributed by atoms with van der Waals surface area (Å²) in [6.07, 6.45) is 11.3. The summed E-state index contributed by atoms with van der Waals surface area (Å²) in [5, 5.41) is 46.6. The van der Waals surface area contributed by atoms with Gasteiger partial charge in [-0.25, -0.2) is 0 Å². The van der Waals surface area contributed by atoms with Gasteiger partial charge in [0.05, 0.1) is 48.6 Å². The average Bonchev–Trinajstić information content (AvgIpc) is 4.03. The lowest BCUT2D eigenvalue weighted by atomic mass is 9.86. The minimum absolute atomic E-state index is 0.0125. The molecule has 2 fully saturated rings. The molecule has 0 unspecified atom stereocenters. The Bertz CT molecular complexity index is 2590. The Morgan fingerprint density at radius 3 is 2.76 bits per heavy atom. The number of aliphatic hydroxyl groups is 3. The molecule has 4 N–H and O–H groups in total. The highest BCUT2D eigenvalue weighted by molar-refractivity contribution is 6.11. The number of Topliss-reactive ketones (excluding diaryl/α,β-unsaturated/α-hetero) is 1. The molecule has 0 radical (unpaired) electrons. The number of aromatic hydroxyl groups is 1. The van der Waals surface area contributed by atoms with E-state index in [1.54, 1.807) is 36.6 Å². The SMILES string of the molecule is COc1cc2cc(C3CCCC3)c3c(O)c2c2c1/C=C/[C@H](C1=C4[CH+]C(CCCO)=CC=C4N=C1)OC[C@H]1O[C@H](O2)[C@H](O)[C@@H](OC#CCc2cccc4c2CN(CC3=O)C4=O)[C@@H]1O. The summed E-state index contributed by atoms with van der Waals surface area (Å²) in [6, 6.07) is 9.08. The maximum atomic E-state index is 14.8. The highest BCUT2D eigenvalue weighted by Crippen LogP contribution is 2.49. The van der Waals surface area contributed by atoms with Gasteiger partial charge in [0.15, 0.2) is 23.7 Å². The number of fused-ring (bicyclic) bond motifs is 5. The summed E-state index contributed by atoms with van der Waals surface area (Å²) in [5.74, 6) is 2.38. The number of allylic oxidation sites excluding steroid dienone is 4. The van der Waals surface area contributed by atoms with Gasteiger partial charge in [-0.3, -0.25) is 9.59 Å². The molecule has 3 aromatic carbocycles. The molecule has 13 heteroatoms. The number of carbonyl (C=O) groups excluding carboxylic acids is 2. The first-order chi connectivity index (χ1) is 30.2. The van der Waals surface area contributed by atoms with E-state index in [1.807, 2.05) is 30.7 Å². The summed E-state index contributed by atoms with van der Waals surface area (Å²) in [5.41, 5.74) is 6.51. The molecule has 1 saturated heterocycles. The number of methoxy groups -OCH3 is 1. The second-order valence-corrected chi connectivity index (χ2v) is 16.8. The number of ether oxygens (including phenoxy) is 5. The van der Waals surface area contributed by atoms with E-state index in [9.17, 15) is 30.0 Å². The molecule has 10 rings (SSSR count). The second kappa shape index (κ2) is 16.4. The molecule has 1 amide bonds. The quantitative estimate of drug-likeness (QED) is 0.186. The Kier molecular flexibility index (Phi) is 10.7. The topological polar surface area (TPSA) is 177 Å². The van der Waals surface area contributed by atoms with Gasteiger partial charge in [-0.1, -0.05) is 30.9 Å². The average molecular weight is 840 g/mol. The maximum Gasteiger partial charge on any atom is 0.254 e.